The van der Waals surface area contributed by atoms with Crippen molar-refractivity contribution in [2.24, 2.45) is 0 Å². The number of carbonyl (C=O) groups is 2. The van der Waals surface area contributed by atoms with E-state index in [1.54, 1.807) is 20.8 Å². The Hall–Kier alpha value is -1.02. The third kappa shape index (κ3) is 2.58. The minimum atomic E-state index is -1.10. The first kappa shape index (κ1) is 19.3. The van der Waals surface area contributed by atoms with Crippen LogP contribution in [0.4, 0.5) is 0 Å². The van der Waals surface area contributed by atoms with E-state index in [0.717, 1.165) is 0 Å². The molecule has 0 aromatic carbocycles. The number of methoxy groups -OCH3 is 1. The molecule has 2 aliphatic rings. The zero-order valence-corrected chi connectivity index (χ0v) is 15.7. The van der Waals surface area contributed by atoms with Crippen LogP contribution in [0.25, 0.3) is 0 Å². The molecule has 2 aliphatic heterocycles. The van der Waals surface area contributed by atoms with Gasteiger partial charge in [-0.25, -0.2) is 4.79 Å². The van der Waals surface area contributed by atoms with Crippen molar-refractivity contribution in [2.45, 2.75) is 89.9 Å². The predicted molar refractivity (Wildman–Crippen MR) is 84.2 cm³/mol. The van der Waals surface area contributed by atoms with Gasteiger partial charge in [0.2, 0.25) is 5.78 Å². The van der Waals surface area contributed by atoms with Crippen LogP contribution in [0.1, 0.15) is 54.9 Å². The Morgan fingerprint density at radius 3 is 1.92 bits per heavy atom. The first-order chi connectivity index (χ1) is 10.8. The van der Waals surface area contributed by atoms with Crippen LogP contribution in [0.2, 0.25) is 0 Å². The topological polar surface area (TPSA) is 80.3 Å². The molecule has 2 rings (SSSR count). The highest BCUT2D eigenvalue weighted by Crippen LogP contribution is 2.56. The normalized spacial score (nSPS) is 44.5. The largest absolute Gasteiger partial charge is 0.463 e. The lowest BCUT2D eigenvalue weighted by Gasteiger charge is -2.67. The molecule has 2 heterocycles. The molecule has 2 saturated heterocycles. The fraction of sp³-hybridized carbons (Fsp3) is 0.882. The molecule has 0 aliphatic carbocycles. The Kier molecular flexibility index (Phi) is 4.63. The van der Waals surface area contributed by atoms with Gasteiger partial charge in [-0.2, -0.15) is 0 Å². The fourth-order valence-corrected chi connectivity index (χ4v) is 3.99. The van der Waals surface area contributed by atoms with Crippen molar-refractivity contribution < 1.29 is 33.3 Å². The Morgan fingerprint density at radius 2 is 1.38 bits per heavy atom. The number of ether oxygens (including phenoxy) is 5. The van der Waals surface area contributed by atoms with E-state index in [1.165, 1.54) is 7.11 Å². The first-order valence-electron chi connectivity index (χ1n) is 8.14. The van der Waals surface area contributed by atoms with Crippen molar-refractivity contribution >= 4 is 11.8 Å². The van der Waals surface area contributed by atoms with Crippen molar-refractivity contribution in [2.75, 3.05) is 7.11 Å². The van der Waals surface area contributed by atoms with Crippen molar-refractivity contribution in [3.05, 3.63) is 0 Å². The van der Waals surface area contributed by atoms with Crippen molar-refractivity contribution in [1.82, 2.24) is 0 Å². The Labute approximate surface area is 142 Å². The van der Waals surface area contributed by atoms with E-state index < -0.39 is 46.7 Å². The van der Waals surface area contributed by atoms with Gasteiger partial charge in [-0.3, -0.25) is 4.79 Å². The third-order valence-electron chi connectivity index (χ3n) is 5.67. The third-order valence-corrected chi connectivity index (χ3v) is 5.67. The van der Waals surface area contributed by atoms with Crippen molar-refractivity contribution in [3.63, 3.8) is 0 Å². The molecule has 0 bridgehead atoms. The summed E-state index contributed by atoms with van der Waals surface area (Å²) in [4.78, 5) is 23.9. The average Bonchev–Trinajstić information content (AvgIpc) is 2.41. The lowest BCUT2D eigenvalue weighted by molar-refractivity contribution is -0.475. The summed E-state index contributed by atoms with van der Waals surface area (Å²) in [6.45, 7) is 12.9. The van der Waals surface area contributed by atoms with Crippen molar-refractivity contribution in [3.8, 4) is 0 Å². The Bertz CT molecular complexity index is 545. The molecular weight excluding hydrogens is 316 g/mol. The molecule has 0 N–H and O–H groups in total. The molecule has 7 heteroatoms. The number of esters is 1. The van der Waals surface area contributed by atoms with Crippen LogP contribution >= 0.6 is 0 Å². The van der Waals surface area contributed by atoms with Gasteiger partial charge in [0.1, 0.15) is 16.8 Å². The molecule has 0 saturated carbocycles. The quantitative estimate of drug-likeness (QED) is 0.572. The highest BCUT2D eigenvalue weighted by atomic mass is 16.8. The smallest absolute Gasteiger partial charge is 0.374 e. The molecule has 5 atom stereocenters. The predicted octanol–water partition coefficient (Wildman–Crippen LogP) is 1.96. The van der Waals surface area contributed by atoms with Gasteiger partial charge >= 0.3 is 5.97 Å². The SMILES string of the molecule is COC(=O)C(=O)CC1(C)OC(C)OC2(C)C(C)(C)OC(C)OC12C. The van der Waals surface area contributed by atoms with E-state index in [-0.39, 0.29) is 6.42 Å². The maximum Gasteiger partial charge on any atom is 0.374 e. The standard InChI is InChI=1S/C17H28O7/c1-10-21-14(3,4)16(6)17(7,24-10)15(5,22-11(2)23-16)9-12(18)13(19)20-8/h10-11H,9H2,1-8H3. The lowest BCUT2D eigenvalue weighted by Crippen LogP contribution is -2.81. The Balaban J connectivity index is 2.51. The van der Waals surface area contributed by atoms with Gasteiger partial charge in [-0.05, 0) is 48.5 Å². The molecule has 0 radical (unpaired) electrons. The number of fused-ring (bicyclic) bond motifs is 1. The van der Waals surface area contributed by atoms with Crippen LogP contribution in [0.3, 0.4) is 0 Å². The lowest BCUT2D eigenvalue weighted by atomic mass is 9.63. The van der Waals surface area contributed by atoms with Crippen LogP contribution in [-0.2, 0) is 33.3 Å². The Morgan fingerprint density at radius 1 is 0.875 bits per heavy atom. The second-order valence-corrected chi connectivity index (χ2v) is 7.51. The van der Waals surface area contributed by atoms with Gasteiger partial charge in [0.15, 0.2) is 12.6 Å². The van der Waals surface area contributed by atoms with E-state index >= 15 is 0 Å². The molecule has 138 valence electrons. The maximum absolute atomic E-state index is 12.2. The number of ketones is 1. The summed E-state index contributed by atoms with van der Waals surface area (Å²) in [5.41, 5.74) is -3.74. The van der Waals surface area contributed by atoms with Gasteiger partial charge in [-0.15, -0.1) is 0 Å². The summed E-state index contributed by atoms with van der Waals surface area (Å²) in [6, 6.07) is 0. The molecular formula is C17H28O7. The summed E-state index contributed by atoms with van der Waals surface area (Å²) < 4.78 is 28.7. The highest BCUT2D eigenvalue weighted by molar-refractivity contribution is 6.33. The zero-order chi connectivity index (χ0) is 18.6. The number of rotatable bonds is 3. The minimum Gasteiger partial charge on any atom is -0.463 e. The van der Waals surface area contributed by atoms with E-state index in [1.807, 2.05) is 27.7 Å². The number of Topliss-reactive ketones (excluding diaryl/α,β-unsaturated/α-hetero) is 1. The molecule has 2 fully saturated rings. The number of hydrogen-bond acceptors (Lipinski definition) is 7. The highest BCUT2D eigenvalue weighted by Gasteiger charge is 2.72. The second-order valence-electron chi connectivity index (χ2n) is 7.51. The molecule has 7 nitrogen and oxygen atoms in total. The molecule has 0 aromatic rings. The van der Waals surface area contributed by atoms with Crippen molar-refractivity contribution in [1.29, 1.82) is 0 Å². The molecule has 0 amide bonds. The average molecular weight is 344 g/mol. The maximum atomic E-state index is 12.2. The van der Waals surface area contributed by atoms with Crippen LogP contribution in [0.5, 0.6) is 0 Å². The molecule has 5 unspecified atom stereocenters. The number of hydrogen-bond donors (Lipinski definition) is 0. The van der Waals surface area contributed by atoms with Gasteiger partial charge in [-0.1, -0.05) is 0 Å². The summed E-state index contributed by atoms with van der Waals surface area (Å²) in [5, 5.41) is 0. The molecule has 24 heavy (non-hydrogen) atoms. The summed E-state index contributed by atoms with van der Waals surface area (Å²) in [7, 11) is 1.18. The van der Waals surface area contributed by atoms with Gasteiger partial charge in [0, 0.05) is 6.42 Å². The van der Waals surface area contributed by atoms with Gasteiger partial charge in [0.25, 0.3) is 0 Å². The van der Waals surface area contributed by atoms with E-state index in [9.17, 15) is 9.59 Å². The van der Waals surface area contributed by atoms with E-state index in [4.69, 9.17) is 18.9 Å². The number of carbonyl (C=O) groups excluding carboxylic acids is 2. The van der Waals surface area contributed by atoms with Gasteiger partial charge < -0.3 is 23.7 Å². The summed E-state index contributed by atoms with van der Waals surface area (Å²) in [5.74, 6) is -1.57. The van der Waals surface area contributed by atoms with E-state index in [0.29, 0.717) is 0 Å². The first-order valence-corrected chi connectivity index (χ1v) is 8.14. The second kappa shape index (κ2) is 5.76. The van der Waals surface area contributed by atoms with Crippen LogP contribution in [0, 0.1) is 0 Å². The summed E-state index contributed by atoms with van der Waals surface area (Å²) in [6.07, 6.45) is -1.30. The summed E-state index contributed by atoms with van der Waals surface area (Å²) >= 11 is 0. The van der Waals surface area contributed by atoms with Gasteiger partial charge in [0.05, 0.1) is 12.7 Å². The van der Waals surface area contributed by atoms with Crippen LogP contribution < -0.4 is 0 Å². The molecule has 0 spiro atoms. The molecule has 0 aromatic heterocycles. The fourth-order valence-electron chi connectivity index (χ4n) is 3.99. The van der Waals surface area contributed by atoms with Crippen LogP contribution in [0.15, 0.2) is 0 Å². The van der Waals surface area contributed by atoms with Crippen LogP contribution in [-0.4, -0.2) is 53.8 Å². The minimum absolute atomic E-state index is 0.178. The monoisotopic (exact) mass is 344 g/mol. The zero-order valence-electron chi connectivity index (χ0n) is 15.7. The van der Waals surface area contributed by atoms with E-state index in [2.05, 4.69) is 4.74 Å².